The van der Waals surface area contributed by atoms with Crippen LogP contribution in [-0.4, -0.2) is 0 Å². The van der Waals surface area contributed by atoms with E-state index in [2.05, 4.69) is 146 Å². The minimum atomic E-state index is -0.0997. The average molecular weight is 592 g/mol. The predicted octanol–water partition coefficient (Wildman–Crippen LogP) is 11.9. The van der Waals surface area contributed by atoms with Gasteiger partial charge in [-0.15, -0.1) is 0 Å². The number of para-hydroxylation sites is 1. The Labute approximate surface area is 274 Å². The zero-order valence-electron chi connectivity index (χ0n) is 28.0. The van der Waals surface area contributed by atoms with Gasteiger partial charge in [-0.05, 0) is 92.0 Å². The van der Waals surface area contributed by atoms with Crippen LogP contribution in [0.3, 0.4) is 0 Å². The fourth-order valence-corrected chi connectivity index (χ4v) is 7.94. The molecule has 4 aliphatic rings. The standard InChI is InChI=1S/C45H35N/c1-45(2)41-14-7-6-13-39(41)40-28-26-37(29-42(40)45)46(35-11-4-3-5-12-35)36-24-16-30(17-25-36)15-18-31-19-20-34-22-21-32-9-8-10-33-23-27-38(31)44(34)43(32)33/h3-29,33,43H,1-2H3/b18-15+/i15D,18D. The number of hydrogen-bond donors (Lipinski definition) is 0. The number of benzene rings is 5. The van der Waals surface area contributed by atoms with Crippen molar-refractivity contribution in [3.8, 4) is 11.1 Å². The van der Waals surface area contributed by atoms with Crippen molar-refractivity contribution in [2.45, 2.75) is 25.2 Å². The number of rotatable bonds is 5. The van der Waals surface area contributed by atoms with E-state index in [1.807, 2.05) is 24.3 Å². The summed E-state index contributed by atoms with van der Waals surface area (Å²) in [6.45, 7) is 4.63. The molecule has 0 aliphatic heterocycles. The van der Waals surface area contributed by atoms with Crippen LogP contribution in [0.1, 0.15) is 61.5 Å². The van der Waals surface area contributed by atoms with Crippen LogP contribution in [0.2, 0.25) is 0 Å². The summed E-state index contributed by atoms with van der Waals surface area (Å²) < 4.78 is 18.4. The van der Waals surface area contributed by atoms with Crippen LogP contribution < -0.4 is 4.90 Å². The van der Waals surface area contributed by atoms with Crippen molar-refractivity contribution in [2.75, 3.05) is 4.90 Å². The summed E-state index contributed by atoms with van der Waals surface area (Å²) in [5, 5.41) is 0. The minimum absolute atomic E-state index is 0.0997. The summed E-state index contributed by atoms with van der Waals surface area (Å²) >= 11 is 0. The molecule has 1 heteroatoms. The summed E-state index contributed by atoms with van der Waals surface area (Å²) in [6, 6.07) is 38.8. The molecule has 0 aromatic heterocycles. The molecule has 5 aromatic carbocycles. The predicted molar refractivity (Wildman–Crippen MR) is 196 cm³/mol. The van der Waals surface area contributed by atoms with E-state index >= 15 is 0 Å². The van der Waals surface area contributed by atoms with E-state index in [0.29, 0.717) is 5.92 Å². The molecular weight excluding hydrogens is 555 g/mol. The Morgan fingerprint density at radius 3 is 2.30 bits per heavy atom. The second kappa shape index (κ2) is 10.3. The summed E-state index contributed by atoms with van der Waals surface area (Å²) in [6.07, 6.45) is 15.4. The molecule has 0 saturated carbocycles. The Balaban J connectivity index is 1.10. The highest BCUT2D eigenvalue weighted by Gasteiger charge is 2.36. The van der Waals surface area contributed by atoms with E-state index in [-0.39, 0.29) is 23.4 Å². The number of hydrogen-bond acceptors (Lipinski definition) is 1. The molecule has 1 nitrogen and oxygen atoms in total. The molecule has 220 valence electrons. The third-order valence-electron chi connectivity index (χ3n) is 10.2. The number of allylic oxidation sites excluding steroid dienone is 6. The van der Waals surface area contributed by atoms with E-state index < -0.39 is 0 Å². The van der Waals surface area contributed by atoms with Gasteiger partial charge in [0.05, 0.1) is 2.74 Å². The van der Waals surface area contributed by atoms with Gasteiger partial charge in [0.2, 0.25) is 0 Å². The van der Waals surface area contributed by atoms with Crippen molar-refractivity contribution < 1.29 is 2.74 Å². The molecule has 0 spiro atoms. The van der Waals surface area contributed by atoms with Gasteiger partial charge < -0.3 is 4.90 Å². The first-order chi connectivity index (χ1) is 23.4. The first-order valence-corrected chi connectivity index (χ1v) is 16.2. The first-order valence-electron chi connectivity index (χ1n) is 17.2. The maximum Gasteiger partial charge on any atom is 0.0629 e. The van der Waals surface area contributed by atoms with E-state index in [1.54, 1.807) is 0 Å². The fraction of sp³-hybridized carbons (Fsp3) is 0.111. The zero-order valence-corrected chi connectivity index (χ0v) is 26.0. The van der Waals surface area contributed by atoms with Gasteiger partial charge in [0.25, 0.3) is 0 Å². The number of fused-ring (bicyclic) bond motifs is 3. The van der Waals surface area contributed by atoms with Gasteiger partial charge >= 0.3 is 0 Å². The lowest BCUT2D eigenvalue weighted by Crippen LogP contribution is -2.21. The van der Waals surface area contributed by atoms with Gasteiger partial charge in [0.1, 0.15) is 0 Å². The third kappa shape index (κ3) is 4.16. The molecule has 46 heavy (non-hydrogen) atoms. The highest BCUT2D eigenvalue weighted by Crippen LogP contribution is 2.51. The van der Waals surface area contributed by atoms with Gasteiger partial charge in [0, 0.05) is 34.3 Å². The Bertz CT molecular complexity index is 2280. The van der Waals surface area contributed by atoms with Gasteiger partial charge in [-0.3, -0.25) is 0 Å². The quantitative estimate of drug-likeness (QED) is 0.184. The van der Waals surface area contributed by atoms with Gasteiger partial charge in [-0.2, -0.15) is 0 Å². The molecule has 4 aliphatic carbocycles. The smallest absolute Gasteiger partial charge is 0.0629 e. The fourth-order valence-electron chi connectivity index (χ4n) is 7.94. The second-order valence-corrected chi connectivity index (χ2v) is 13.2. The SMILES string of the molecule is [2H]/C(=C(/[2H])c1ccc2c3c1C=CC1C=CC=C(C=C2)C31)c1ccc(N(c2ccccc2)c2ccc3c(c2)C(C)(C)c2ccccc2-3)cc1. The van der Waals surface area contributed by atoms with E-state index in [1.165, 1.54) is 39.0 Å². The van der Waals surface area contributed by atoms with Crippen LogP contribution >= 0.6 is 0 Å². The molecular formula is C45H35N. The Morgan fingerprint density at radius 1 is 0.674 bits per heavy atom. The van der Waals surface area contributed by atoms with Crippen molar-refractivity contribution in [2.24, 2.45) is 5.92 Å². The van der Waals surface area contributed by atoms with Crippen molar-refractivity contribution in [1.29, 1.82) is 0 Å². The molecule has 0 fully saturated rings. The Kier molecular flexibility index (Phi) is 5.58. The first kappa shape index (κ1) is 24.9. The van der Waals surface area contributed by atoms with Gasteiger partial charge in [0.15, 0.2) is 0 Å². The molecule has 0 N–H and O–H groups in total. The molecule has 9 rings (SSSR count). The normalized spacial score (nSPS) is 20.1. The maximum absolute atomic E-state index is 9.24. The van der Waals surface area contributed by atoms with E-state index in [4.69, 9.17) is 0 Å². The van der Waals surface area contributed by atoms with Crippen molar-refractivity contribution in [3.05, 3.63) is 184 Å². The lowest BCUT2D eigenvalue weighted by molar-refractivity contribution is 0.660. The summed E-state index contributed by atoms with van der Waals surface area (Å²) in [4.78, 5) is 2.28. The molecule has 0 heterocycles. The molecule has 2 unspecified atom stereocenters. The van der Waals surface area contributed by atoms with E-state index in [9.17, 15) is 2.74 Å². The van der Waals surface area contributed by atoms with Crippen LogP contribution in [0.5, 0.6) is 0 Å². The summed E-state index contributed by atoms with van der Waals surface area (Å²) in [5.41, 5.74) is 14.8. The number of anilines is 3. The highest BCUT2D eigenvalue weighted by atomic mass is 15.1. The lowest BCUT2D eigenvalue weighted by Gasteiger charge is -2.35. The largest absolute Gasteiger partial charge is 0.310 e. The highest BCUT2D eigenvalue weighted by molar-refractivity contribution is 5.86. The molecule has 0 bridgehead atoms. The van der Waals surface area contributed by atoms with Crippen LogP contribution in [0.15, 0.2) is 145 Å². The minimum Gasteiger partial charge on any atom is -0.310 e. The molecule has 2 atom stereocenters. The number of nitrogens with zero attached hydrogens (tertiary/aromatic N) is 1. The van der Waals surface area contributed by atoms with E-state index in [0.717, 1.165) is 33.8 Å². The van der Waals surface area contributed by atoms with Crippen LogP contribution in [0.25, 0.3) is 35.4 Å². The molecule has 0 saturated heterocycles. The summed E-state index contributed by atoms with van der Waals surface area (Å²) in [5.74, 6) is 0.608. The van der Waals surface area contributed by atoms with Crippen molar-refractivity contribution in [1.82, 2.24) is 0 Å². The second-order valence-electron chi connectivity index (χ2n) is 13.2. The Morgan fingerprint density at radius 2 is 1.43 bits per heavy atom. The maximum atomic E-state index is 9.24. The lowest BCUT2D eigenvalue weighted by atomic mass is 9.68. The average Bonchev–Trinajstić information content (AvgIpc) is 3.36. The monoisotopic (exact) mass is 591 g/mol. The van der Waals surface area contributed by atoms with Gasteiger partial charge in [-0.1, -0.05) is 141 Å². The van der Waals surface area contributed by atoms with Crippen molar-refractivity contribution in [3.63, 3.8) is 0 Å². The van der Waals surface area contributed by atoms with Gasteiger partial charge in [-0.25, -0.2) is 0 Å². The van der Waals surface area contributed by atoms with Crippen molar-refractivity contribution >= 4 is 41.3 Å². The zero-order chi connectivity index (χ0) is 32.6. The topological polar surface area (TPSA) is 3.24 Å². The van der Waals surface area contributed by atoms with Crippen LogP contribution in [0.4, 0.5) is 17.1 Å². The van der Waals surface area contributed by atoms with Crippen LogP contribution in [-0.2, 0) is 5.41 Å². The van der Waals surface area contributed by atoms with Crippen LogP contribution in [0, 0.1) is 5.92 Å². The Hall–Kier alpha value is -5.40. The molecule has 0 amide bonds. The molecule has 0 radical (unpaired) electrons. The summed E-state index contributed by atoms with van der Waals surface area (Å²) in [7, 11) is 0. The molecule has 5 aromatic rings. The third-order valence-corrected chi connectivity index (χ3v) is 10.2.